The van der Waals surface area contributed by atoms with Crippen LogP contribution in [0.25, 0.3) is 0 Å². The Morgan fingerprint density at radius 3 is 1.39 bits per heavy atom. The number of hydrogen-bond acceptors (Lipinski definition) is 9. The summed E-state index contributed by atoms with van der Waals surface area (Å²) in [5.74, 6) is -3.51. The minimum atomic E-state index is -1.26. The number of rotatable bonds is 51. The van der Waals surface area contributed by atoms with Gasteiger partial charge in [0.05, 0.1) is 12.6 Å². The highest BCUT2D eigenvalue weighted by Gasteiger charge is 2.27. The van der Waals surface area contributed by atoms with E-state index in [1.165, 1.54) is 167 Å². The Morgan fingerprint density at radius 2 is 0.957 bits per heavy atom. The van der Waals surface area contributed by atoms with Crippen LogP contribution in [0, 0.1) is 0 Å². The smallest absolute Gasteiger partial charge is 0.303 e. The number of amides is 4. The van der Waals surface area contributed by atoms with Crippen molar-refractivity contribution in [3.8, 4) is 0 Å². The number of nitrogens with zero attached hydrogens (tertiary/aromatic N) is 2. The van der Waals surface area contributed by atoms with E-state index < -0.39 is 54.8 Å². The molecule has 0 spiro atoms. The third-order valence-electron chi connectivity index (χ3n) is 13.0. The lowest BCUT2D eigenvalue weighted by Gasteiger charge is -2.25. The van der Waals surface area contributed by atoms with Crippen LogP contribution in [0.2, 0.25) is 0 Å². The first kappa shape index (κ1) is 65.5. The van der Waals surface area contributed by atoms with Gasteiger partial charge in [-0.3, -0.25) is 29.0 Å². The minimum Gasteiger partial charge on any atom is -0.481 e. The van der Waals surface area contributed by atoms with E-state index in [9.17, 15) is 29.1 Å². The minimum absolute atomic E-state index is 0.0634. The molecule has 0 rings (SSSR count). The fraction of sp³-hybridized carbons (Fsp3) is 0.887. The Kier molecular flexibility index (Phi) is 45.7. The van der Waals surface area contributed by atoms with Gasteiger partial charge in [0.25, 0.3) is 0 Å². The van der Waals surface area contributed by atoms with E-state index in [0.717, 1.165) is 25.9 Å². The summed E-state index contributed by atoms with van der Waals surface area (Å²) in [6, 6.07) is -3.07. The third-order valence-corrected chi connectivity index (χ3v) is 13.0. The van der Waals surface area contributed by atoms with E-state index in [1.807, 2.05) is 0 Å². The van der Waals surface area contributed by atoms with Crippen molar-refractivity contribution >= 4 is 35.6 Å². The van der Waals surface area contributed by atoms with E-state index in [0.29, 0.717) is 51.9 Å². The van der Waals surface area contributed by atoms with Crippen molar-refractivity contribution in [2.24, 2.45) is 27.9 Å². The quantitative estimate of drug-likeness (QED) is 0.0161. The lowest BCUT2D eigenvalue weighted by atomic mass is 10.0. The van der Waals surface area contributed by atoms with Gasteiger partial charge in [-0.05, 0) is 71.0 Å². The molecule has 4 amide bonds. The van der Waals surface area contributed by atoms with E-state index >= 15 is 0 Å². The average molecular weight is 979 g/mol. The molecule has 0 aromatic heterocycles. The van der Waals surface area contributed by atoms with Crippen molar-refractivity contribution in [1.29, 1.82) is 0 Å². The molecule has 3 atom stereocenters. The molecule has 0 radical (unpaired) electrons. The topological polar surface area (TPSA) is 273 Å². The SMILES string of the molecule is CCCCCCCCCCCCCCCCN(CCCCCCCCCCCCCCCC)CCNC(=O)C(CCCCN)NC(=O)C(CCC(=O)O)NC(=O)CNC(=O)C(N)CCCN=C(N)N. The van der Waals surface area contributed by atoms with Crippen molar-refractivity contribution in [3.05, 3.63) is 0 Å². The maximum absolute atomic E-state index is 13.7. The second-order valence-corrected chi connectivity index (χ2v) is 19.5. The van der Waals surface area contributed by atoms with Gasteiger partial charge in [-0.25, -0.2) is 0 Å². The molecule has 0 saturated carbocycles. The molecule has 0 aromatic carbocycles. The Bertz CT molecular complexity index is 1270. The van der Waals surface area contributed by atoms with Crippen LogP contribution < -0.4 is 44.2 Å². The second-order valence-electron chi connectivity index (χ2n) is 19.5. The fourth-order valence-corrected chi connectivity index (χ4v) is 8.62. The van der Waals surface area contributed by atoms with Crippen LogP contribution in [-0.2, 0) is 24.0 Å². The molecule has 16 nitrogen and oxygen atoms in total. The molecule has 3 unspecified atom stereocenters. The zero-order valence-electron chi connectivity index (χ0n) is 44.1. The zero-order chi connectivity index (χ0) is 51.0. The summed E-state index contributed by atoms with van der Waals surface area (Å²) >= 11 is 0. The molecule has 0 saturated heterocycles. The highest BCUT2D eigenvalue weighted by Crippen LogP contribution is 2.15. The van der Waals surface area contributed by atoms with Crippen LogP contribution in [-0.4, -0.2) is 110 Å². The number of guanidine groups is 1. The summed E-state index contributed by atoms with van der Waals surface area (Å²) in [6.45, 7) is 7.89. The highest BCUT2D eigenvalue weighted by atomic mass is 16.4. The van der Waals surface area contributed by atoms with Gasteiger partial charge in [0.2, 0.25) is 23.6 Å². The van der Waals surface area contributed by atoms with Crippen LogP contribution in [0.4, 0.5) is 0 Å². The number of carbonyl (C=O) groups excluding carboxylic acids is 4. The van der Waals surface area contributed by atoms with Gasteiger partial charge >= 0.3 is 5.97 Å². The Hall–Kier alpha value is -3.50. The number of nitrogens with one attached hydrogen (secondary N) is 4. The number of unbranched alkanes of at least 4 members (excludes halogenated alkanes) is 27. The lowest BCUT2D eigenvalue weighted by molar-refractivity contribution is -0.138. The van der Waals surface area contributed by atoms with Gasteiger partial charge in [0, 0.05) is 26.1 Å². The molecule has 0 fully saturated rings. The molecule has 0 bridgehead atoms. The molecule has 0 aliphatic carbocycles. The van der Waals surface area contributed by atoms with E-state index in [4.69, 9.17) is 22.9 Å². The van der Waals surface area contributed by atoms with E-state index in [2.05, 4.69) is 45.0 Å². The summed E-state index contributed by atoms with van der Waals surface area (Å²) in [5.41, 5.74) is 22.3. The predicted octanol–water partition coefficient (Wildman–Crippen LogP) is 7.83. The first-order valence-electron chi connectivity index (χ1n) is 28.0. The Labute approximate surface area is 420 Å². The number of hydrogen-bond donors (Lipinski definition) is 9. The van der Waals surface area contributed by atoms with Crippen molar-refractivity contribution in [1.82, 2.24) is 26.2 Å². The summed E-state index contributed by atoms with van der Waals surface area (Å²) in [6.07, 6.45) is 38.6. The van der Waals surface area contributed by atoms with E-state index in [-0.39, 0.29) is 24.7 Å². The molecule has 16 heteroatoms. The largest absolute Gasteiger partial charge is 0.481 e. The standard InChI is InChI=1S/C53H106N10O6/c1-3-5-7-9-11-13-15-17-19-21-23-25-27-31-41-63(42-32-28-26-24-22-20-18-16-14-12-10-8-6-4-2)43-40-58-51(68)46(35-29-30-38-54)62-52(69)47(36-37-49(65)66)61-48(64)44-60-50(67)45(55)34-33-39-59-53(56)57/h45-47H,3-44,54-55H2,1-2H3,(H,58,68)(H,60,67)(H,61,64)(H,62,69)(H,65,66)(H4,56,57,59). The first-order valence-corrected chi connectivity index (χ1v) is 28.0. The molecule has 13 N–H and O–H groups in total. The van der Waals surface area contributed by atoms with Gasteiger partial charge in [0.15, 0.2) is 5.96 Å². The van der Waals surface area contributed by atoms with Crippen molar-refractivity contribution in [2.75, 3.05) is 45.8 Å². The summed E-state index contributed by atoms with van der Waals surface area (Å²) < 4.78 is 0. The van der Waals surface area contributed by atoms with E-state index in [1.54, 1.807) is 0 Å². The monoisotopic (exact) mass is 979 g/mol. The Morgan fingerprint density at radius 1 is 0.507 bits per heavy atom. The molecule has 69 heavy (non-hydrogen) atoms. The van der Waals surface area contributed by atoms with Crippen molar-refractivity contribution in [3.63, 3.8) is 0 Å². The summed E-state index contributed by atoms with van der Waals surface area (Å²) in [7, 11) is 0. The molecular weight excluding hydrogens is 873 g/mol. The molecule has 0 aromatic rings. The predicted molar refractivity (Wildman–Crippen MR) is 285 cm³/mol. The second kappa shape index (κ2) is 48.1. The number of carbonyl (C=O) groups is 5. The third kappa shape index (κ3) is 43.1. The fourth-order valence-electron chi connectivity index (χ4n) is 8.62. The van der Waals surface area contributed by atoms with Crippen LogP contribution in [0.1, 0.15) is 239 Å². The maximum Gasteiger partial charge on any atom is 0.303 e. The average Bonchev–Trinajstić information content (AvgIpc) is 3.32. The van der Waals surface area contributed by atoms with Crippen molar-refractivity contribution in [2.45, 2.75) is 257 Å². The zero-order valence-corrected chi connectivity index (χ0v) is 44.1. The number of nitrogens with two attached hydrogens (primary N) is 4. The highest BCUT2D eigenvalue weighted by molar-refractivity contribution is 5.93. The van der Waals surface area contributed by atoms with Gasteiger partial charge in [-0.2, -0.15) is 0 Å². The van der Waals surface area contributed by atoms with Crippen LogP contribution >= 0.6 is 0 Å². The van der Waals surface area contributed by atoms with Crippen molar-refractivity contribution < 1.29 is 29.1 Å². The number of carboxylic acid groups (broad SMARTS) is 1. The number of aliphatic imine (C=N–C) groups is 1. The van der Waals surface area contributed by atoms with Gasteiger partial charge in [0.1, 0.15) is 12.1 Å². The normalized spacial score (nSPS) is 12.6. The molecule has 404 valence electrons. The number of aliphatic carboxylic acids is 1. The molecular formula is C53H106N10O6. The van der Waals surface area contributed by atoms with Gasteiger partial charge < -0.3 is 54.2 Å². The summed E-state index contributed by atoms with van der Waals surface area (Å²) in [4.78, 5) is 70.5. The lowest BCUT2D eigenvalue weighted by Crippen LogP contribution is -2.55. The van der Waals surface area contributed by atoms with Crippen LogP contribution in [0.5, 0.6) is 0 Å². The first-order chi connectivity index (χ1) is 33.4. The van der Waals surface area contributed by atoms with Crippen LogP contribution in [0.15, 0.2) is 4.99 Å². The Balaban J connectivity index is 5.24. The molecule has 0 heterocycles. The molecule has 0 aliphatic rings. The van der Waals surface area contributed by atoms with Gasteiger partial charge in [-0.15, -0.1) is 0 Å². The molecule has 0 aliphatic heterocycles. The van der Waals surface area contributed by atoms with Crippen LogP contribution in [0.3, 0.4) is 0 Å². The van der Waals surface area contributed by atoms with Gasteiger partial charge in [-0.1, -0.05) is 181 Å². The maximum atomic E-state index is 13.7. The summed E-state index contributed by atoms with van der Waals surface area (Å²) in [5, 5.41) is 20.2. The number of carboxylic acids is 1.